The van der Waals surface area contributed by atoms with Crippen LogP contribution >= 0.6 is 11.6 Å². The van der Waals surface area contributed by atoms with Crippen LogP contribution in [0.5, 0.6) is 5.75 Å². The van der Waals surface area contributed by atoms with Crippen LogP contribution in [0.3, 0.4) is 0 Å². The first-order valence-electron chi connectivity index (χ1n) is 13.1. The van der Waals surface area contributed by atoms with Gasteiger partial charge in [0.05, 0.1) is 6.61 Å². The highest BCUT2D eigenvalue weighted by Crippen LogP contribution is 2.37. The second-order valence-electron chi connectivity index (χ2n) is 10.5. The summed E-state index contributed by atoms with van der Waals surface area (Å²) < 4.78 is 6.19. The lowest BCUT2D eigenvalue weighted by atomic mass is 9.76. The van der Waals surface area contributed by atoms with Crippen molar-refractivity contribution in [3.63, 3.8) is 0 Å². The summed E-state index contributed by atoms with van der Waals surface area (Å²) >= 11 is 6.15. The second-order valence-corrected chi connectivity index (χ2v) is 10.9. The van der Waals surface area contributed by atoms with E-state index < -0.39 is 5.41 Å². The number of ether oxygens (including phenoxy) is 1. The summed E-state index contributed by atoms with van der Waals surface area (Å²) in [6.07, 6.45) is 6.78. The molecular formula is C27H38ClN3O4. The van der Waals surface area contributed by atoms with Crippen molar-refractivity contribution < 1.29 is 19.1 Å². The summed E-state index contributed by atoms with van der Waals surface area (Å²) in [6.45, 7) is 6.11. The Morgan fingerprint density at radius 3 is 2.37 bits per heavy atom. The van der Waals surface area contributed by atoms with E-state index in [-0.39, 0.29) is 23.6 Å². The summed E-state index contributed by atoms with van der Waals surface area (Å²) in [4.78, 5) is 44.3. The third kappa shape index (κ3) is 6.69. The highest BCUT2D eigenvalue weighted by Gasteiger charge is 2.42. The first kappa shape index (κ1) is 25.8. The molecule has 35 heavy (non-hydrogen) atoms. The van der Waals surface area contributed by atoms with Gasteiger partial charge in [-0.25, -0.2) is 0 Å². The molecule has 0 bridgehead atoms. The number of amides is 3. The number of nitrogens with zero attached hydrogens (tertiary/aromatic N) is 3. The van der Waals surface area contributed by atoms with Gasteiger partial charge in [0, 0.05) is 69.0 Å². The van der Waals surface area contributed by atoms with E-state index >= 15 is 0 Å². The van der Waals surface area contributed by atoms with Gasteiger partial charge >= 0.3 is 0 Å². The van der Waals surface area contributed by atoms with E-state index in [4.69, 9.17) is 16.3 Å². The SMILES string of the molecule is CC(=O)N1CCC(C(=O)N2CCCC(COc3cccc(Cl)c3)(CC(=O)N3CCCCC3)C2)CC1. The fourth-order valence-corrected chi connectivity index (χ4v) is 5.96. The van der Waals surface area contributed by atoms with Crippen molar-refractivity contribution in [1.82, 2.24) is 14.7 Å². The molecule has 3 saturated heterocycles. The van der Waals surface area contributed by atoms with Crippen LogP contribution in [-0.2, 0) is 14.4 Å². The number of piperidine rings is 3. The smallest absolute Gasteiger partial charge is 0.225 e. The molecule has 3 fully saturated rings. The monoisotopic (exact) mass is 503 g/mol. The summed E-state index contributed by atoms with van der Waals surface area (Å²) in [5.74, 6) is 1.02. The average molecular weight is 504 g/mol. The molecule has 0 aliphatic carbocycles. The zero-order valence-corrected chi connectivity index (χ0v) is 21.6. The molecular weight excluding hydrogens is 466 g/mol. The van der Waals surface area contributed by atoms with E-state index in [0.717, 1.165) is 38.8 Å². The second kappa shape index (κ2) is 11.6. The Hall–Kier alpha value is -2.28. The minimum absolute atomic E-state index is 0.0620. The number of hydrogen-bond acceptors (Lipinski definition) is 4. The molecule has 0 aromatic heterocycles. The van der Waals surface area contributed by atoms with Gasteiger partial charge in [-0.15, -0.1) is 0 Å². The minimum Gasteiger partial charge on any atom is -0.493 e. The Morgan fingerprint density at radius 2 is 1.69 bits per heavy atom. The molecule has 3 heterocycles. The van der Waals surface area contributed by atoms with Gasteiger partial charge in [-0.1, -0.05) is 17.7 Å². The number of likely N-dealkylation sites (tertiary alicyclic amines) is 3. The Bertz CT molecular complexity index is 911. The lowest BCUT2D eigenvalue weighted by Crippen LogP contribution is -2.53. The molecule has 1 aromatic carbocycles. The number of carbonyl (C=O) groups is 3. The molecule has 3 aliphatic heterocycles. The maximum absolute atomic E-state index is 13.5. The summed E-state index contributed by atoms with van der Waals surface area (Å²) in [7, 11) is 0. The third-order valence-electron chi connectivity index (χ3n) is 7.84. The summed E-state index contributed by atoms with van der Waals surface area (Å²) in [5.41, 5.74) is -0.426. The van der Waals surface area contributed by atoms with E-state index in [1.165, 1.54) is 6.42 Å². The lowest BCUT2D eigenvalue weighted by molar-refractivity contribution is -0.146. The maximum Gasteiger partial charge on any atom is 0.225 e. The van der Waals surface area contributed by atoms with Crippen molar-refractivity contribution in [3.8, 4) is 5.75 Å². The average Bonchev–Trinajstić information content (AvgIpc) is 2.88. The van der Waals surface area contributed by atoms with Gasteiger partial charge in [-0.2, -0.15) is 0 Å². The highest BCUT2D eigenvalue weighted by molar-refractivity contribution is 6.30. The number of rotatable bonds is 6. The predicted octanol–water partition coefficient (Wildman–Crippen LogP) is 3.99. The van der Waals surface area contributed by atoms with Crippen molar-refractivity contribution >= 4 is 29.3 Å². The molecule has 1 unspecified atom stereocenters. The maximum atomic E-state index is 13.5. The van der Waals surface area contributed by atoms with Crippen molar-refractivity contribution in [2.24, 2.45) is 11.3 Å². The number of benzene rings is 1. The van der Waals surface area contributed by atoms with Crippen LogP contribution in [0, 0.1) is 11.3 Å². The topological polar surface area (TPSA) is 70.2 Å². The van der Waals surface area contributed by atoms with E-state index in [0.29, 0.717) is 62.8 Å². The quantitative estimate of drug-likeness (QED) is 0.588. The molecule has 3 amide bonds. The largest absolute Gasteiger partial charge is 0.493 e. The Morgan fingerprint density at radius 1 is 0.971 bits per heavy atom. The van der Waals surface area contributed by atoms with Gasteiger partial charge in [-0.3, -0.25) is 14.4 Å². The Balaban J connectivity index is 1.46. The number of hydrogen-bond donors (Lipinski definition) is 0. The molecule has 4 rings (SSSR count). The van der Waals surface area contributed by atoms with Crippen molar-refractivity contribution in [2.45, 2.75) is 58.3 Å². The molecule has 3 aliphatic rings. The van der Waals surface area contributed by atoms with Gasteiger partial charge in [0.25, 0.3) is 0 Å². The minimum atomic E-state index is -0.426. The first-order valence-corrected chi connectivity index (χ1v) is 13.4. The van der Waals surface area contributed by atoms with Gasteiger partial charge in [-0.05, 0) is 63.1 Å². The van der Waals surface area contributed by atoms with E-state index in [9.17, 15) is 14.4 Å². The molecule has 0 saturated carbocycles. The van der Waals surface area contributed by atoms with Crippen LogP contribution < -0.4 is 4.74 Å². The van der Waals surface area contributed by atoms with Crippen LogP contribution in [-0.4, -0.2) is 78.3 Å². The summed E-state index contributed by atoms with van der Waals surface area (Å²) in [6, 6.07) is 7.33. The van der Waals surface area contributed by atoms with Crippen LogP contribution in [0.2, 0.25) is 5.02 Å². The Labute approximate surface area is 213 Å². The molecule has 1 aromatic rings. The number of carbonyl (C=O) groups excluding carboxylic acids is 3. The molecule has 7 nitrogen and oxygen atoms in total. The normalized spacial score (nSPS) is 23.8. The van der Waals surface area contributed by atoms with Crippen LogP contribution in [0.25, 0.3) is 0 Å². The van der Waals surface area contributed by atoms with Crippen LogP contribution in [0.1, 0.15) is 58.3 Å². The van der Waals surface area contributed by atoms with E-state index in [2.05, 4.69) is 0 Å². The van der Waals surface area contributed by atoms with Gasteiger partial charge in [0.15, 0.2) is 0 Å². The van der Waals surface area contributed by atoms with E-state index in [1.54, 1.807) is 13.0 Å². The molecule has 0 radical (unpaired) electrons. The summed E-state index contributed by atoms with van der Waals surface area (Å²) in [5, 5.41) is 0.610. The van der Waals surface area contributed by atoms with Crippen molar-refractivity contribution in [1.29, 1.82) is 0 Å². The van der Waals surface area contributed by atoms with Crippen molar-refractivity contribution in [2.75, 3.05) is 45.9 Å². The lowest BCUT2D eigenvalue weighted by Gasteiger charge is -2.44. The fraction of sp³-hybridized carbons (Fsp3) is 0.667. The van der Waals surface area contributed by atoms with Crippen LogP contribution in [0.15, 0.2) is 24.3 Å². The molecule has 0 N–H and O–H groups in total. The number of halogens is 1. The predicted molar refractivity (Wildman–Crippen MR) is 135 cm³/mol. The highest BCUT2D eigenvalue weighted by atomic mass is 35.5. The van der Waals surface area contributed by atoms with Gasteiger partial charge in [0.2, 0.25) is 17.7 Å². The van der Waals surface area contributed by atoms with E-state index in [1.807, 2.05) is 32.9 Å². The fourth-order valence-electron chi connectivity index (χ4n) is 5.78. The Kier molecular flexibility index (Phi) is 8.58. The molecule has 192 valence electrons. The van der Waals surface area contributed by atoms with Crippen molar-refractivity contribution in [3.05, 3.63) is 29.3 Å². The standard InChI is InChI=1S/C27H38ClN3O4/c1-21(32)29-15-9-22(10-16-29)26(34)31-14-6-11-27(19-31,18-25(33)30-12-3-2-4-13-30)20-35-24-8-5-7-23(28)17-24/h5,7-8,17,22H,2-4,6,9-16,18-20H2,1H3. The molecule has 0 spiro atoms. The zero-order valence-electron chi connectivity index (χ0n) is 20.8. The molecule has 8 heteroatoms. The van der Waals surface area contributed by atoms with Crippen LogP contribution in [0.4, 0.5) is 0 Å². The first-order chi connectivity index (χ1) is 16.8. The molecule has 1 atom stereocenters. The third-order valence-corrected chi connectivity index (χ3v) is 8.07. The zero-order chi connectivity index (χ0) is 24.8. The van der Waals surface area contributed by atoms with Gasteiger partial charge < -0.3 is 19.4 Å². The van der Waals surface area contributed by atoms with Gasteiger partial charge in [0.1, 0.15) is 5.75 Å².